The fourth-order valence-electron chi connectivity index (χ4n) is 6.51. The van der Waals surface area contributed by atoms with Crippen LogP contribution in [0.2, 0.25) is 0 Å². The van der Waals surface area contributed by atoms with Gasteiger partial charge in [-0.25, -0.2) is 9.80 Å². The van der Waals surface area contributed by atoms with E-state index in [0.717, 1.165) is 20.2 Å². The van der Waals surface area contributed by atoms with Gasteiger partial charge in [-0.05, 0) is 74.5 Å². The smallest absolute Gasteiger partial charge is 0.318 e. The predicted octanol–water partition coefficient (Wildman–Crippen LogP) is 2.76. The lowest BCUT2D eigenvalue weighted by Gasteiger charge is -2.43. The number of benzene rings is 2. The number of amides is 4. The number of para-hydroxylation sites is 1. The van der Waals surface area contributed by atoms with Crippen LogP contribution in [-0.4, -0.2) is 108 Å². The second kappa shape index (κ2) is 13.4. The van der Waals surface area contributed by atoms with Crippen molar-refractivity contribution < 1.29 is 14.4 Å². The summed E-state index contributed by atoms with van der Waals surface area (Å²) in [5, 5.41) is 10.4. The highest BCUT2D eigenvalue weighted by Gasteiger charge is 2.51. The average molecular weight is 744 g/mol. The minimum absolute atomic E-state index is 0.00885. The van der Waals surface area contributed by atoms with Gasteiger partial charge in [-0.2, -0.15) is 0 Å². The highest BCUT2D eigenvalue weighted by Crippen LogP contribution is 2.36. The number of aliphatic imine (C=N–C) groups is 1. The van der Waals surface area contributed by atoms with Gasteiger partial charge in [0, 0.05) is 78.9 Å². The van der Waals surface area contributed by atoms with Gasteiger partial charge in [-0.3, -0.25) is 14.6 Å². The number of urea groups is 1. The molecule has 4 heterocycles. The van der Waals surface area contributed by atoms with Crippen molar-refractivity contribution in [2.45, 2.75) is 30.8 Å². The molecule has 2 aromatic rings. The lowest BCUT2D eigenvalue weighted by molar-refractivity contribution is -0.137. The Bertz CT molecular complexity index is 1470. The predicted molar refractivity (Wildman–Crippen MR) is 180 cm³/mol. The van der Waals surface area contributed by atoms with Gasteiger partial charge in [0.2, 0.25) is 11.8 Å². The highest BCUT2D eigenvalue weighted by atomic mass is 79.9. The second-order valence-electron chi connectivity index (χ2n) is 11.7. The SMILES string of the molecule is Nc1c(Br)cc(C[C@@H](NC(=O)N2CCC3(CC2)C(=O)NCN3c2ccccc2)C(=O)N2CCN(N3C=CN=CC3)CC2)cc1Br. The van der Waals surface area contributed by atoms with Crippen molar-refractivity contribution in [2.24, 2.45) is 4.99 Å². The van der Waals surface area contributed by atoms with E-state index < -0.39 is 11.6 Å². The van der Waals surface area contributed by atoms with Gasteiger partial charge in [0.1, 0.15) is 11.6 Å². The number of hydrogen-bond donors (Lipinski definition) is 3. The molecule has 3 fully saturated rings. The minimum Gasteiger partial charge on any atom is -0.397 e. The minimum atomic E-state index is -0.778. The number of nitrogens with one attached hydrogen (secondary N) is 2. The van der Waals surface area contributed by atoms with E-state index in [-0.39, 0.29) is 17.8 Å². The van der Waals surface area contributed by atoms with Gasteiger partial charge in [0.25, 0.3) is 0 Å². The topological polar surface area (TPSA) is 130 Å². The van der Waals surface area contributed by atoms with Crippen LogP contribution < -0.4 is 21.3 Å². The van der Waals surface area contributed by atoms with Crippen LogP contribution in [0.3, 0.4) is 0 Å². The highest BCUT2D eigenvalue weighted by molar-refractivity contribution is 9.11. The first-order valence-corrected chi connectivity index (χ1v) is 16.7. The largest absolute Gasteiger partial charge is 0.397 e. The number of hydrogen-bond acceptors (Lipinski definition) is 8. The Balaban J connectivity index is 1.14. The summed E-state index contributed by atoms with van der Waals surface area (Å²) >= 11 is 7.01. The van der Waals surface area contributed by atoms with Gasteiger partial charge in [-0.1, -0.05) is 18.2 Å². The van der Waals surface area contributed by atoms with Crippen molar-refractivity contribution in [3.8, 4) is 0 Å². The molecule has 0 radical (unpaired) electrons. The molecule has 14 heteroatoms. The molecule has 4 amide bonds. The molecule has 12 nitrogen and oxygen atoms in total. The van der Waals surface area contributed by atoms with Crippen LogP contribution in [0.4, 0.5) is 16.2 Å². The summed E-state index contributed by atoms with van der Waals surface area (Å²) < 4.78 is 1.44. The number of anilines is 2. The fraction of sp³-hybridized carbons (Fsp3) is 0.419. The lowest BCUT2D eigenvalue weighted by Crippen LogP contribution is -2.61. The molecule has 0 aromatic heterocycles. The molecule has 1 atom stereocenters. The van der Waals surface area contributed by atoms with Crippen molar-refractivity contribution in [2.75, 3.05) is 63.1 Å². The molecule has 4 aliphatic rings. The Morgan fingerprint density at radius 1 is 1.00 bits per heavy atom. The zero-order valence-corrected chi connectivity index (χ0v) is 28.0. The monoisotopic (exact) mass is 741 g/mol. The molecule has 4 N–H and O–H groups in total. The van der Waals surface area contributed by atoms with Gasteiger partial charge >= 0.3 is 6.03 Å². The number of likely N-dealkylation sites (tertiary alicyclic amines) is 1. The number of carbonyl (C=O) groups excluding carboxylic acids is 3. The Morgan fingerprint density at radius 2 is 1.69 bits per heavy atom. The summed E-state index contributed by atoms with van der Waals surface area (Å²) in [6.45, 7) is 4.37. The zero-order chi connectivity index (χ0) is 31.6. The van der Waals surface area contributed by atoms with Crippen LogP contribution >= 0.6 is 31.9 Å². The molecule has 0 unspecified atom stereocenters. The molecule has 3 saturated heterocycles. The fourth-order valence-corrected chi connectivity index (χ4v) is 7.80. The van der Waals surface area contributed by atoms with E-state index in [9.17, 15) is 14.4 Å². The van der Waals surface area contributed by atoms with Crippen LogP contribution in [0.5, 0.6) is 0 Å². The number of nitrogens with zero attached hydrogens (tertiary/aromatic N) is 6. The number of piperazine rings is 1. The van der Waals surface area contributed by atoms with Crippen LogP contribution in [-0.2, 0) is 16.0 Å². The van der Waals surface area contributed by atoms with E-state index in [0.29, 0.717) is 77.4 Å². The van der Waals surface area contributed by atoms with E-state index in [1.165, 1.54) is 0 Å². The van der Waals surface area contributed by atoms with Gasteiger partial charge < -0.3 is 36.1 Å². The lowest BCUT2D eigenvalue weighted by atomic mass is 9.85. The summed E-state index contributed by atoms with van der Waals surface area (Å²) in [7, 11) is 0. The quantitative estimate of drug-likeness (QED) is 0.389. The normalized spacial score (nSPS) is 20.4. The van der Waals surface area contributed by atoms with Gasteiger partial charge in [-0.15, -0.1) is 0 Å². The molecule has 1 spiro atoms. The molecular weight excluding hydrogens is 706 g/mol. The standard InChI is InChI=1S/C31H37Br2N9O3/c32-24-18-22(19-25(33)27(24)34)20-26(28(43)38-14-16-41(17-15-38)40-12-8-35-9-13-40)37-30(45)39-10-6-31(7-11-39)29(44)36-21-42(31)23-4-2-1-3-5-23/h1-5,8-9,12,18-19,26H,6-7,10-11,13-17,20-21,34H2,(H,36,44)(H,37,45)/t26-/m1/s1. The van der Waals surface area contributed by atoms with Crippen molar-refractivity contribution in [1.29, 1.82) is 0 Å². The third-order valence-corrected chi connectivity index (χ3v) is 10.4. The zero-order valence-electron chi connectivity index (χ0n) is 24.9. The third-order valence-electron chi connectivity index (χ3n) is 9.09. The number of halogens is 2. The Morgan fingerprint density at radius 3 is 2.33 bits per heavy atom. The molecule has 45 heavy (non-hydrogen) atoms. The maximum Gasteiger partial charge on any atom is 0.318 e. The van der Waals surface area contributed by atoms with Crippen molar-refractivity contribution in [3.63, 3.8) is 0 Å². The molecule has 238 valence electrons. The number of carbonyl (C=O) groups is 3. The number of hydrazine groups is 1. The summed E-state index contributed by atoms with van der Waals surface area (Å²) in [6, 6.07) is 12.6. The maximum atomic E-state index is 14.0. The first-order valence-electron chi connectivity index (χ1n) is 15.1. The number of rotatable bonds is 6. The first-order chi connectivity index (χ1) is 21.7. The van der Waals surface area contributed by atoms with E-state index in [4.69, 9.17) is 5.73 Å². The van der Waals surface area contributed by atoms with Crippen molar-refractivity contribution in [1.82, 2.24) is 30.5 Å². The summed E-state index contributed by atoms with van der Waals surface area (Å²) in [6.07, 6.45) is 6.84. The van der Waals surface area contributed by atoms with Crippen LogP contribution in [0.15, 0.2) is 68.8 Å². The average Bonchev–Trinajstić information content (AvgIpc) is 3.38. The summed E-state index contributed by atoms with van der Waals surface area (Å²) in [4.78, 5) is 50.6. The first kappa shape index (κ1) is 31.4. The summed E-state index contributed by atoms with van der Waals surface area (Å²) in [5.41, 5.74) is 7.82. The van der Waals surface area contributed by atoms with Crippen LogP contribution in [0, 0.1) is 0 Å². The Kier molecular flexibility index (Phi) is 9.33. The maximum absolute atomic E-state index is 14.0. The van der Waals surface area contributed by atoms with E-state index in [2.05, 4.69) is 62.4 Å². The van der Waals surface area contributed by atoms with Crippen LogP contribution in [0.25, 0.3) is 0 Å². The Labute approximate surface area is 279 Å². The molecule has 6 rings (SSSR count). The van der Waals surface area contributed by atoms with Gasteiger partial charge in [0.15, 0.2) is 0 Å². The Hall–Kier alpha value is -3.62. The second-order valence-corrected chi connectivity index (χ2v) is 13.4. The van der Waals surface area contributed by atoms with Gasteiger partial charge in [0.05, 0.1) is 18.9 Å². The van der Waals surface area contributed by atoms with E-state index in [1.54, 1.807) is 11.1 Å². The van der Waals surface area contributed by atoms with E-state index in [1.807, 2.05) is 59.8 Å². The molecule has 0 bridgehead atoms. The molecule has 0 saturated carbocycles. The summed E-state index contributed by atoms with van der Waals surface area (Å²) in [5.74, 6) is -0.132. The van der Waals surface area contributed by atoms with Crippen molar-refractivity contribution >= 4 is 67.3 Å². The van der Waals surface area contributed by atoms with Crippen molar-refractivity contribution in [3.05, 3.63) is 69.4 Å². The molecular formula is C31H37Br2N9O3. The molecule has 2 aromatic carbocycles. The number of nitrogen functional groups attached to an aromatic ring is 1. The van der Waals surface area contributed by atoms with Crippen LogP contribution in [0.1, 0.15) is 18.4 Å². The molecule has 4 aliphatic heterocycles. The number of piperidine rings is 1. The van der Waals surface area contributed by atoms with E-state index >= 15 is 0 Å². The third kappa shape index (κ3) is 6.54. The number of nitrogens with two attached hydrogens (primary N) is 1. The molecule has 0 aliphatic carbocycles.